The van der Waals surface area contributed by atoms with Crippen molar-refractivity contribution in [1.82, 2.24) is 10.3 Å². The summed E-state index contributed by atoms with van der Waals surface area (Å²) in [6.07, 6.45) is 1.62. The zero-order valence-electron chi connectivity index (χ0n) is 10.1. The summed E-state index contributed by atoms with van der Waals surface area (Å²) in [5, 5.41) is 3.02. The molecule has 19 heavy (non-hydrogen) atoms. The summed E-state index contributed by atoms with van der Waals surface area (Å²) in [6.45, 7) is 0.581. The van der Waals surface area contributed by atoms with Crippen molar-refractivity contribution in [3.8, 4) is 11.6 Å². The van der Waals surface area contributed by atoms with Crippen LogP contribution in [0.2, 0.25) is 0 Å². The predicted octanol–water partition coefficient (Wildman–Crippen LogP) is 4.26. The van der Waals surface area contributed by atoms with E-state index in [9.17, 15) is 4.39 Å². The number of rotatable bonds is 4. The molecule has 0 amide bonds. The van der Waals surface area contributed by atoms with Crippen LogP contribution in [0, 0.1) is 5.82 Å². The number of benzene rings is 1. The van der Waals surface area contributed by atoms with Gasteiger partial charge in [0.05, 0.1) is 0 Å². The molecule has 1 aromatic heterocycles. The molecular weight excluding hydrogens is 379 g/mol. The predicted molar refractivity (Wildman–Crippen MR) is 78.9 cm³/mol. The summed E-state index contributed by atoms with van der Waals surface area (Å²) in [7, 11) is 1.82. The number of halogens is 3. The first-order valence-corrected chi connectivity index (χ1v) is 7.10. The van der Waals surface area contributed by atoms with Crippen molar-refractivity contribution < 1.29 is 9.13 Å². The Balaban J connectivity index is 2.34. The number of aromatic nitrogens is 1. The fourth-order valence-electron chi connectivity index (χ4n) is 1.54. The number of ether oxygens (including phenoxy) is 1. The Labute approximate surface area is 127 Å². The third-order valence-electron chi connectivity index (χ3n) is 2.36. The molecule has 1 aromatic carbocycles. The third kappa shape index (κ3) is 3.75. The first kappa shape index (κ1) is 14.4. The minimum Gasteiger partial charge on any atom is -0.436 e. The molecule has 0 saturated carbocycles. The molecule has 0 spiro atoms. The quantitative estimate of drug-likeness (QED) is 0.848. The first-order chi connectivity index (χ1) is 9.10. The Morgan fingerprint density at radius 1 is 1.26 bits per heavy atom. The maximum atomic E-state index is 13.7. The molecule has 0 bridgehead atoms. The van der Waals surface area contributed by atoms with Gasteiger partial charge >= 0.3 is 0 Å². The molecule has 0 unspecified atom stereocenters. The molecule has 2 rings (SSSR count). The molecule has 1 N–H and O–H groups in total. The van der Waals surface area contributed by atoms with Crippen LogP contribution in [0.4, 0.5) is 4.39 Å². The van der Waals surface area contributed by atoms with Crippen molar-refractivity contribution in [3.05, 3.63) is 50.8 Å². The van der Waals surface area contributed by atoms with Crippen LogP contribution >= 0.6 is 31.9 Å². The Bertz CT molecular complexity index is 593. The lowest BCUT2D eigenvalue weighted by Crippen LogP contribution is -2.07. The molecule has 2 aromatic rings. The third-order valence-corrected chi connectivity index (χ3v) is 3.29. The largest absolute Gasteiger partial charge is 0.436 e. The molecule has 0 saturated heterocycles. The van der Waals surface area contributed by atoms with Gasteiger partial charge in [-0.05, 0) is 47.2 Å². The Hall–Kier alpha value is -0.980. The van der Waals surface area contributed by atoms with E-state index in [4.69, 9.17) is 4.74 Å². The van der Waals surface area contributed by atoms with Gasteiger partial charge in [0.2, 0.25) is 5.88 Å². The van der Waals surface area contributed by atoms with Crippen molar-refractivity contribution in [1.29, 1.82) is 0 Å². The second kappa shape index (κ2) is 6.45. The van der Waals surface area contributed by atoms with E-state index >= 15 is 0 Å². The van der Waals surface area contributed by atoms with Gasteiger partial charge in [-0.25, -0.2) is 9.37 Å². The smallest absolute Gasteiger partial charge is 0.223 e. The maximum absolute atomic E-state index is 13.7. The topological polar surface area (TPSA) is 34.2 Å². The Morgan fingerprint density at radius 3 is 2.79 bits per heavy atom. The minimum absolute atomic E-state index is 0.140. The SMILES string of the molecule is CNCc1cc(Br)cnc1Oc1cc(Br)ccc1F. The van der Waals surface area contributed by atoms with Crippen molar-refractivity contribution in [2.24, 2.45) is 0 Å². The van der Waals surface area contributed by atoms with Crippen LogP contribution in [0.25, 0.3) is 0 Å². The molecular formula is C13H11Br2FN2O. The zero-order chi connectivity index (χ0) is 13.8. The summed E-state index contributed by atoms with van der Waals surface area (Å²) in [6, 6.07) is 6.42. The van der Waals surface area contributed by atoms with Gasteiger partial charge in [0.25, 0.3) is 0 Å². The van der Waals surface area contributed by atoms with E-state index in [2.05, 4.69) is 42.2 Å². The lowest BCUT2D eigenvalue weighted by atomic mass is 10.2. The highest BCUT2D eigenvalue weighted by Gasteiger charge is 2.10. The highest BCUT2D eigenvalue weighted by Crippen LogP contribution is 2.29. The van der Waals surface area contributed by atoms with E-state index in [0.717, 1.165) is 14.5 Å². The lowest BCUT2D eigenvalue weighted by molar-refractivity contribution is 0.421. The highest BCUT2D eigenvalue weighted by atomic mass is 79.9. The van der Waals surface area contributed by atoms with Gasteiger partial charge in [-0.1, -0.05) is 15.9 Å². The molecule has 1 heterocycles. The van der Waals surface area contributed by atoms with Crippen LogP contribution in [-0.2, 0) is 6.54 Å². The van der Waals surface area contributed by atoms with Crippen LogP contribution in [0.5, 0.6) is 11.6 Å². The van der Waals surface area contributed by atoms with E-state index in [0.29, 0.717) is 12.4 Å². The number of nitrogens with one attached hydrogen (secondary N) is 1. The van der Waals surface area contributed by atoms with Gasteiger partial charge in [0.1, 0.15) is 0 Å². The van der Waals surface area contributed by atoms with Crippen LogP contribution in [0.3, 0.4) is 0 Å². The van der Waals surface area contributed by atoms with E-state index in [-0.39, 0.29) is 5.75 Å². The molecule has 0 atom stereocenters. The molecule has 0 aliphatic carbocycles. The molecule has 3 nitrogen and oxygen atoms in total. The molecule has 100 valence electrons. The van der Waals surface area contributed by atoms with Crippen molar-refractivity contribution in [2.45, 2.75) is 6.54 Å². The van der Waals surface area contributed by atoms with Crippen LogP contribution < -0.4 is 10.1 Å². The fourth-order valence-corrected chi connectivity index (χ4v) is 2.26. The minimum atomic E-state index is -0.427. The fraction of sp³-hybridized carbons (Fsp3) is 0.154. The molecule has 0 radical (unpaired) electrons. The summed E-state index contributed by atoms with van der Waals surface area (Å²) < 4.78 is 20.8. The monoisotopic (exact) mass is 388 g/mol. The van der Waals surface area contributed by atoms with Crippen LogP contribution in [0.15, 0.2) is 39.4 Å². The van der Waals surface area contributed by atoms with E-state index in [1.165, 1.54) is 6.07 Å². The van der Waals surface area contributed by atoms with E-state index in [1.807, 2.05) is 13.1 Å². The second-order valence-electron chi connectivity index (χ2n) is 3.82. The van der Waals surface area contributed by atoms with Gasteiger partial charge in [-0.3, -0.25) is 0 Å². The van der Waals surface area contributed by atoms with E-state index in [1.54, 1.807) is 18.3 Å². The average Bonchev–Trinajstić information content (AvgIpc) is 2.37. The summed E-state index contributed by atoms with van der Waals surface area (Å²) in [5.74, 6) is 0.0967. The van der Waals surface area contributed by atoms with Crippen LogP contribution in [-0.4, -0.2) is 12.0 Å². The second-order valence-corrected chi connectivity index (χ2v) is 5.66. The number of nitrogens with zero attached hydrogens (tertiary/aromatic N) is 1. The number of pyridine rings is 1. The normalized spacial score (nSPS) is 10.5. The van der Waals surface area contributed by atoms with Gasteiger partial charge in [-0.2, -0.15) is 0 Å². The maximum Gasteiger partial charge on any atom is 0.223 e. The molecule has 0 aliphatic heterocycles. The van der Waals surface area contributed by atoms with Gasteiger partial charge in [0, 0.05) is 27.3 Å². The van der Waals surface area contributed by atoms with Crippen molar-refractivity contribution in [2.75, 3.05) is 7.05 Å². The average molecular weight is 390 g/mol. The Morgan fingerprint density at radius 2 is 2.05 bits per heavy atom. The summed E-state index contributed by atoms with van der Waals surface area (Å²) in [4.78, 5) is 4.17. The van der Waals surface area contributed by atoms with Gasteiger partial charge in [-0.15, -0.1) is 0 Å². The van der Waals surface area contributed by atoms with Gasteiger partial charge in [0.15, 0.2) is 11.6 Å². The van der Waals surface area contributed by atoms with Crippen LogP contribution in [0.1, 0.15) is 5.56 Å². The highest BCUT2D eigenvalue weighted by molar-refractivity contribution is 9.10. The number of hydrogen-bond donors (Lipinski definition) is 1. The van der Waals surface area contributed by atoms with Gasteiger partial charge < -0.3 is 10.1 Å². The molecule has 6 heteroatoms. The summed E-state index contributed by atoms with van der Waals surface area (Å²) in [5.41, 5.74) is 0.844. The van der Waals surface area contributed by atoms with Crippen molar-refractivity contribution in [3.63, 3.8) is 0 Å². The zero-order valence-corrected chi connectivity index (χ0v) is 13.3. The van der Waals surface area contributed by atoms with E-state index < -0.39 is 5.82 Å². The number of hydrogen-bond acceptors (Lipinski definition) is 3. The first-order valence-electron chi connectivity index (χ1n) is 5.52. The molecule has 0 fully saturated rings. The summed E-state index contributed by atoms with van der Waals surface area (Å²) >= 11 is 6.63. The Kier molecular flexibility index (Phi) is 4.90. The lowest BCUT2D eigenvalue weighted by Gasteiger charge is -2.11. The standard InChI is InChI=1S/C13H11Br2FN2O/c1-17-6-8-4-10(15)7-18-13(8)19-12-5-9(14)2-3-11(12)16/h2-5,7,17H,6H2,1H3. The van der Waals surface area contributed by atoms with Crippen molar-refractivity contribution >= 4 is 31.9 Å². The molecule has 0 aliphatic rings.